The van der Waals surface area contributed by atoms with Crippen molar-refractivity contribution in [2.24, 2.45) is 0 Å². The third-order valence-corrected chi connectivity index (χ3v) is 1.34. The van der Waals surface area contributed by atoms with Gasteiger partial charge in [0, 0.05) is 25.7 Å². The van der Waals surface area contributed by atoms with Crippen LogP contribution < -0.4 is 0 Å². The summed E-state index contributed by atoms with van der Waals surface area (Å²) in [6.07, 6.45) is 3.85. The Morgan fingerprint density at radius 1 is 1.46 bits per heavy atom. The summed E-state index contributed by atoms with van der Waals surface area (Å²) in [5.74, 6) is -0.800. The highest BCUT2D eigenvalue weighted by Crippen LogP contribution is 1.88. The van der Waals surface area contributed by atoms with E-state index in [2.05, 4.69) is 11.3 Å². The summed E-state index contributed by atoms with van der Waals surface area (Å²) in [6, 6.07) is 0. The van der Waals surface area contributed by atoms with Gasteiger partial charge in [-0.1, -0.05) is 6.08 Å². The second kappa shape index (κ2) is 5.99. The van der Waals surface area contributed by atoms with Gasteiger partial charge in [-0.2, -0.15) is 0 Å². The summed E-state index contributed by atoms with van der Waals surface area (Å²) in [5.41, 5.74) is 0. The van der Waals surface area contributed by atoms with E-state index >= 15 is 0 Å². The number of esters is 1. The Morgan fingerprint density at radius 3 is 2.54 bits per heavy atom. The van der Waals surface area contributed by atoms with Crippen LogP contribution in [0.1, 0.15) is 0 Å². The molecule has 0 fully saturated rings. The van der Waals surface area contributed by atoms with E-state index in [1.54, 1.807) is 13.1 Å². The fourth-order valence-electron chi connectivity index (χ4n) is 0.618. The monoisotopic (exact) mass is 183 g/mol. The minimum atomic E-state index is -0.541. The van der Waals surface area contributed by atoms with Gasteiger partial charge in [-0.15, -0.1) is 6.58 Å². The maximum atomic E-state index is 11.1. The van der Waals surface area contributed by atoms with Crippen molar-refractivity contribution < 1.29 is 14.3 Å². The van der Waals surface area contributed by atoms with Crippen LogP contribution in [0.2, 0.25) is 0 Å². The zero-order chi connectivity index (χ0) is 10.3. The van der Waals surface area contributed by atoms with E-state index in [1.165, 1.54) is 12.0 Å². The lowest BCUT2D eigenvalue weighted by atomic mass is 10.4. The zero-order valence-electron chi connectivity index (χ0n) is 7.82. The molecule has 0 aromatic carbocycles. The van der Waals surface area contributed by atoms with E-state index in [0.717, 1.165) is 12.2 Å². The number of methoxy groups -OCH3 is 1. The lowest BCUT2D eigenvalue weighted by molar-refractivity contribution is -0.135. The van der Waals surface area contributed by atoms with E-state index in [0.29, 0.717) is 6.54 Å². The number of likely N-dealkylation sites (N-methyl/N-ethyl adjacent to an activating group) is 1. The SMILES string of the molecule is C=CCN(C)C(=O)/C=C/C(=O)OC. The fraction of sp³-hybridized carbons (Fsp3) is 0.333. The molecule has 0 heterocycles. The third kappa shape index (κ3) is 4.79. The van der Waals surface area contributed by atoms with E-state index < -0.39 is 5.97 Å². The first-order valence-corrected chi connectivity index (χ1v) is 3.73. The van der Waals surface area contributed by atoms with Crippen LogP contribution in [0.4, 0.5) is 0 Å². The molecule has 0 aliphatic rings. The van der Waals surface area contributed by atoms with Gasteiger partial charge < -0.3 is 9.64 Å². The average molecular weight is 183 g/mol. The van der Waals surface area contributed by atoms with Gasteiger partial charge in [0.2, 0.25) is 5.91 Å². The van der Waals surface area contributed by atoms with Crippen LogP contribution in [0.5, 0.6) is 0 Å². The molecule has 0 rings (SSSR count). The first kappa shape index (κ1) is 11.4. The second-order valence-electron chi connectivity index (χ2n) is 2.36. The van der Waals surface area contributed by atoms with Crippen molar-refractivity contribution in [1.82, 2.24) is 4.90 Å². The molecule has 1 amide bonds. The fourth-order valence-corrected chi connectivity index (χ4v) is 0.618. The Balaban J connectivity index is 4.05. The zero-order valence-corrected chi connectivity index (χ0v) is 7.82. The van der Waals surface area contributed by atoms with Crippen molar-refractivity contribution in [2.45, 2.75) is 0 Å². The minimum Gasteiger partial charge on any atom is -0.466 e. The topological polar surface area (TPSA) is 46.6 Å². The van der Waals surface area contributed by atoms with Gasteiger partial charge in [0.05, 0.1) is 7.11 Å². The number of amides is 1. The first-order valence-electron chi connectivity index (χ1n) is 3.73. The molecule has 0 radical (unpaired) electrons. The standard InChI is InChI=1S/C9H13NO3/c1-4-7-10(2)8(11)5-6-9(12)13-3/h4-6H,1,7H2,2-3H3/b6-5+. The quantitative estimate of drug-likeness (QED) is 0.359. The number of nitrogens with zero attached hydrogens (tertiary/aromatic N) is 1. The molecule has 0 bridgehead atoms. The number of hydrogen-bond donors (Lipinski definition) is 0. The molecule has 4 heteroatoms. The van der Waals surface area contributed by atoms with Crippen molar-refractivity contribution in [1.29, 1.82) is 0 Å². The van der Waals surface area contributed by atoms with Gasteiger partial charge in [0.25, 0.3) is 0 Å². The van der Waals surface area contributed by atoms with Gasteiger partial charge in [-0.25, -0.2) is 4.79 Å². The summed E-state index contributed by atoms with van der Waals surface area (Å²) in [7, 11) is 2.87. The Labute approximate surface area is 77.5 Å². The largest absolute Gasteiger partial charge is 0.466 e. The Morgan fingerprint density at radius 2 is 2.08 bits per heavy atom. The van der Waals surface area contributed by atoms with Crippen LogP contribution in [-0.2, 0) is 14.3 Å². The van der Waals surface area contributed by atoms with Crippen LogP contribution in [-0.4, -0.2) is 37.5 Å². The van der Waals surface area contributed by atoms with Crippen molar-refractivity contribution in [3.63, 3.8) is 0 Å². The molecule has 4 nitrogen and oxygen atoms in total. The van der Waals surface area contributed by atoms with Gasteiger partial charge in [-0.3, -0.25) is 4.79 Å². The molecular weight excluding hydrogens is 170 g/mol. The Hall–Kier alpha value is -1.58. The highest BCUT2D eigenvalue weighted by Gasteiger charge is 2.02. The van der Waals surface area contributed by atoms with Crippen molar-refractivity contribution in [3.05, 3.63) is 24.8 Å². The molecule has 0 saturated heterocycles. The lowest BCUT2D eigenvalue weighted by Gasteiger charge is -2.10. The summed E-state index contributed by atoms with van der Waals surface area (Å²) in [6.45, 7) is 3.93. The molecular formula is C9H13NO3. The molecule has 0 spiro atoms. The molecule has 0 unspecified atom stereocenters. The Kier molecular flexibility index (Phi) is 5.27. The van der Waals surface area contributed by atoms with Crippen LogP contribution in [0.15, 0.2) is 24.8 Å². The maximum absolute atomic E-state index is 11.1. The summed E-state index contributed by atoms with van der Waals surface area (Å²) in [4.78, 5) is 23.2. The molecule has 0 aromatic heterocycles. The molecule has 0 aliphatic heterocycles. The molecule has 0 atom stereocenters. The molecule has 0 N–H and O–H groups in total. The molecule has 72 valence electrons. The molecule has 0 saturated carbocycles. The van der Waals surface area contributed by atoms with Gasteiger partial charge in [-0.05, 0) is 0 Å². The second-order valence-corrected chi connectivity index (χ2v) is 2.36. The summed E-state index contributed by atoms with van der Waals surface area (Å²) in [5, 5.41) is 0. The van der Waals surface area contributed by atoms with E-state index in [4.69, 9.17) is 0 Å². The van der Waals surface area contributed by atoms with Crippen molar-refractivity contribution in [2.75, 3.05) is 20.7 Å². The normalized spacial score (nSPS) is 9.69. The summed E-state index contributed by atoms with van der Waals surface area (Å²) >= 11 is 0. The first-order chi connectivity index (χ1) is 6.11. The third-order valence-electron chi connectivity index (χ3n) is 1.34. The highest BCUT2D eigenvalue weighted by molar-refractivity contribution is 5.94. The summed E-state index contributed by atoms with van der Waals surface area (Å²) < 4.78 is 4.32. The smallest absolute Gasteiger partial charge is 0.330 e. The van der Waals surface area contributed by atoms with E-state index in [1.807, 2.05) is 0 Å². The predicted molar refractivity (Wildman–Crippen MR) is 49.0 cm³/mol. The van der Waals surface area contributed by atoms with Crippen LogP contribution >= 0.6 is 0 Å². The highest BCUT2D eigenvalue weighted by atomic mass is 16.5. The molecule has 0 aliphatic carbocycles. The van der Waals surface area contributed by atoms with Crippen molar-refractivity contribution >= 4 is 11.9 Å². The Bertz CT molecular complexity index is 233. The van der Waals surface area contributed by atoms with Gasteiger partial charge in [0.1, 0.15) is 0 Å². The van der Waals surface area contributed by atoms with Crippen LogP contribution in [0, 0.1) is 0 Å². The number of rotatable bonds is 4. The number of hydrogen-bond acceptors (Lipinski definition) is 3. The van der Waals surface area contributed by atoms with E-state index in [-0.39, 0.29) is 5.91 Å². The van der Waals surface area contributed by atoms with Crippen LogP contribution in [0.3, 0.4) is 0 Å². The van der Waals surface area contributed by atoms with Gasteiger partial charge >= 0.3 is 5.97 Å². The number of ether oxygens (including phenoxy) is 1. The van der Waals surface area contributed by atoms with E-state index in [9.17, 15) is 9.59 Å². The maximum Gasteiger partial charge on any atom is 0.330 e. The molecule has 13 heavy (non-hydrogen) atoms. The van der Waals surface area contributed by atoms with Crippen molar-refractivity contribution in [3.8, 4) is 0 Å². The number of carbonyl (C=O) groups is 2. The minimum absolute atomic E-state index is 0.259. The van der Waals surface area contributed by atoms with Crippen LogP contribution in [0.25, 0.3) is 0 Å². The number of carbonyl (C=O) groups excluding carboxylic acids is 2. The average Bonchev–Trinajstić information content (AvgIpc) is 2.13. The van der Waals surface area contributed by atoms with Gasteiger partial charge in [0.15, 0.2) is 0 Å². The molecule has 0 aromatic rings. The predicted octanol–water partition coefficient (Wildman–Crippen LogP) is 0.360. The lowest BCUT2D eigenvalue weighted by Crippen LogP contribution is -2.24.